The van der Waals surface area contributed by atoms with Crippen molar-refractivity contribution in [3.8, 4) is 0 Å². The van der Waals surface area contributed by atoms with Crippen molar-refractivity contribution < 1.29 is 4.39 Å². The lowest BCUT2D eigenvalue weighted by Crippen LogP contribution is -2.31. The summed E-state index contributed by atoms with van der Waals surface area (Å²) in [6.45, 7) is 4.02. The van der Waals surface area contributed by atoms with Crippen LogP contribution in [0.4, 0.5) is 4.39 Å². The third-order valence-electron chi connectivity index (χ3n) is 3.66. The fourth-order valence-electron chi connectivity index (χ4n) is 2.30. The van der Waals surface area contributed by atoms with E-state index in [9.17, 15) is 4.39 Å². The molecule has 1 unspecified atom stereocenters. The maximum atomic E-state index is 13.3. The van der Waals surface area contributed by atoms with Gasteiger partial charge in [0.1, 0.15) is 5.82 Å². The van der Waals surface area contributed by atoms with Crippen LogP contribution in [0, 0.1) is 5.82 Å². The minimum absolute atomic E-state index is 0.0956. The first kappa shape index (κ1) is 10.6. The molecule has 1 fully saturated rings. The van der Waals surface area contributed by atoms with Gasteiger partial charge in [-0.15, -0.1) is 0 Å². The van der Waals surface area contributed by atoms with Crippen molar-refractivity contribution in [1.29, 1.82) is 0 Å². The largest absolute Gasteiger partial charge is 0.327 e. The lowest BCUT2D eigenvalue weighted by molar-refractivity contribution is 0.551. The number of halogens is 1. The highest BCUT2D eigenvalue weighted by atomic mass is 19.1. The Hall–Kier alpha value is -0.890. The van der Waals surface area contributed by atoms with Gasteiger partial charge in [-0.1, -0.05) is 19.1 Å². The molecule has 1 aromatic rings. The van der Waals surface area contributed by atoms with Gasteiger partial charge >= 0.3 is 0 Å². The number of benzene rings is 1. The standard InChI is InChI=1S/C13H18FN/c1-3-10-8-11(4-5-12(10)14)13(6-7-13)9(2)15/h4-5,8-9H,3,6-7,15H2,1-2H3. The van der Waals surface area contributed by atoms with E-state index in [2.05, 4.69) is 0 Å². The first-order valence-corrected chi connectivity index (χ1v) is 5.64. The van der Waals surface area contributed by atoms with Crippen molar-refractivity contribution in [2.75, 3.05) is 0 Å². The molecule has 0 heterocycles. The molecule has 1 aliphatic rings. The normalized spacial score (nSPS) is 20.0. The van der Waals surface area contributed by atoms with Gasteiger partial charge in [0.05, 0.1) is 0 Å². The predicted octanol–water partition coefficient (Wildman–Crippen LogP) is 2.77. The summed E-state index contributed by atoms with van der Waals surface area (Å²) in [6, 6.07) is 5.63. The van der Waals surface area contributed by atoms with Gasteiger partial charge in [-0.2, -0.15) is 0 Å². The second-order valence-electron chi connectivity index (χ2n) is 4.60. The summed E-state index contributed by atoms with van der Waals surface area (Å²) in [4.78, 5) is 0. The topological polar surface area (TPSA) is 26.0 Å². The molecule has 0 saturated heterocycles. The fourth-order valence-corrected chi connectivity index (χ4v) is 2.30. The van der Waals surface area contributed by atoms with Crippen LogP contribution in [0.1, 0.15) is 37.8 Å². The van der Waals surface area contributed by atoms with Crippen LogP contribution in [0.15, 0.2) is 18.2 Å². The zero-order valence-electron chi connectivity index (χ0n) is 9.39. The van der Waals surface area contributed by atoms with E-state index in [1.807, 2.05) is 26.0 Å². The van der Waals surface area contributed by atoms with E-state index in [0.717, 1.165) is 24.8 Å². The molecule has 0 bridgehead atoms. The Kier molecular flexibility index (Phi) is 2.55. The van der Waals surface area contributed by atoms with Crippen molar-refractivity contribution in [3.63, 3.8) is 0 Å². The second kappa shape index (κ2) is 3.60. The summed E-state index contributed by atoms with van der Waals surface area (Å²) in [5, 5.41) is 0. The minimum Gasteiger partial charge on any atom is -0.327 e. The van der Waals surface area contributed by atoms with E-state index in [1.54, 1.807) is 6.07 Å². The molecule has 1 saturated carbocycles. The highest BCUT2D eigenvalue weighted by molar-refractivity contribution is 5.37. The van der Waals surface area contributed by atoms with Gasteiger partial charge in [0.2, 0.25) is 0 Å². The summed E-state index contributed by atoms with van der Waals surface area (Å²) in [7, 11) is 0. The van der Waals surface area contributed by atoms with Gasteiger partial charge in [-0.25, -0.2) is 4.39 Å². The Bertz CT molecular complexity index is 367. The highest BCUT2D eigenvalue weighted by Crippen LogP contribution is 2.50. The quantitative estimate of drug-likeness (QED) is 0.810. The van der Waals surface area contributed by atoms with Crippen molar-refractivity contribution in [3.05, 3.63) is 35.1 Å². The lowest BCUT2D eigenvalue weighted by Gasteiger charge is -2.20. The molecule has 0 spiro atoms. The maximum absolute atomic E-state index is 13.3. The van der Waals surface area contributed by atoms with Gasteiger partial charge in [-0.05, 0) is 43.4 Å². The summed E-state index contributed by atoms with van der Waals surface area (Å²) >= 11 is 0. The Morgan fingerprint density at radius 2 is 2.13 bits per heavy atom. The van der Waals surface area contributed by atoms with Crippen molar-refractivity contribution in [2.45, 2.75) is 44.6 Å². The second-order valence-corrected chi connectivity index (χ2v) is 4.60. The molecule has 2 heteroatoms. The number of aryl methyl sites for hydroxylation is 1. The van der Waals surface area contributed by atoms with Crippen LogP contribution in [0.2, 0.25) is 0 Å². The van der Waals surface area contributed by atoms with Gasteiger partial charge in [0.25, 0.3) is 0 Å². The van der Waals surface area contributed by atoms with E-state index >= 15 is 0 Å². The smallest absolute Gasteiger partial charge is 0.126 e. The summed E-state index contributed by atoms with van der Waals surface area (Å²) < 4.78 is 13.3. The van der Waals surface area contributed by atoms with Crippen molar-refractivity contribution in [1.82, 2.24) is 0 Å². The molecule has 15 heavy (non-hydrogen) atoms. The molecule has 2 rings (SSSR count). The van der Waals surface area contributed by atoms with Crippen LogP contribution >= 0.6 is 0 Å². The highest BCUT2D eigenvalue weighted by Gasteiger charge is 2.47. The molecule has 0 aliphatic heterocycles. The minimum atomic E-state index is -0.0956. The summed E-state index contributed by atoms with van der Waals surface area (Å²) in [5.41, 5.74) is 8.16. The van der Waals surface area contributed by atoms with E-state index in [4.69, 9.17) is 5.73 Å². The number of rotatable bonds is 3. The molecule has 2 N–H and O–H groups in total. The van der Waals surface area contributed by atoms with Crippen molar-refractivity contribution >= 4 is 0 Å². The average Bonchev–Trinajstić information content (AvgIpc) is 2.99. The molecular weight excluding hydrogens is 189 g/mol. The first-order valence-electron chi connectivity index (χ1n) is 5.64. The zero-order valence-corrected chi connectivity index (χ0v) is 9.39. The predicted molar refractivity (Wildman–Crippen MR) is 60.3 cm³/mol. The third kappa shape index (κ3) is 1.67. The maximum Gasteiger partial charge on any atom is 0.126 e. The average molecular weight is 207 g/mol. The number of hydrogen-bond donors (Lipinski definition) is 1. The van der Waals surface area contributed by atoms with E-state index in [0.29, 0.717) is 0 Å². The van der Waals surface area contributed by atoms with Gasteiger partial charge in [-0.3, -0.25) is 0 Å². The van der Waals surface area contributed by atoms with Crippen LogP contribution in [-0.2, 0) is 11.8 Å². The fraction of sp³-hybridized carbons (Fsp3) is 0.538. The molecule has 0 aromatic heterocycles. The summed E-state index contributed by atoms with van der Waals surface area (Å²) in [5.74, 6) is -0.0956. The van der Waals surface area contributed by atoms with E-state index in [1.165, 1.54) is 5.56 Å². The zero-order chi connectivity index (χ0) is 11.1. The van der Waals surface area contributed by atoms with Crippen LogP contribution < -0.4 is 5.73 Å². The molecule has 1 aromatic carbocycles. The molecular formula is C13H18FN. The van der Waals surface area contributed by atoms with Crippen molar-refractivity contribution in [2.24, 2.45) is 5.73 Å². The Morgan fingerprint density at radius 3 is 2.60 bits per heavy atom. The van der Waals surface area contributed by atoms with Gasteiger partial charge < -0.3 is 5.73 Å². The van der Waals surface area contributed by atoms with Crippen LogP contribution in [-0.4, -0.2) is 6.04 Å². The third-order valence-corrected chi connectivity index (χ3v) is 3.66. The molecule has 1 nitrogen and oxygen atoms in total. The van der Waals surface area contributed by atoms with Crippen LogP contribution in [0.25, 0.3) is 0 Å². The molecule has 0 amide bonds. The molecule has 1 atom stereocenters. The molecule has 82 valence electrons. The van der Waals surface area contributed by atoms with Gasteiger partial charge in [0, 0.05) is 11.5 Å². The lowest BCUT2D eigenvalue weighted by atomic mass is 9.88. The Morgan fingerprint density at radius 1 is 1.47 bits per heavy atom. The number of nitrogens with two attached hydrogens (primary N) is 1. The summed E-state index contributed by atoms with van der Waals surface area (Å²) in [6.07, 6.45) is 3.02. The SMILES string of the molecule is CCc1cc(C2(C(C)N)CC2)ccc1F. The Balaban J connectivity index is 2.38. The Labute approximate surface area is 90.5 Å². The van der Waals surface area contributed by atoms with E-state index in [-0.39, 0.29) is 17.3 Å². The monoisotopic (exact) mass is 207 g/mol. The van der Waals surface area contributed by atoms with E-state index < -0.39 is 0 Å². The van der Waals surface area contributed by atoms with Crippen LogP contribution in [0.3, 0.4) is 0 Å². The molecule has 0 radical (unpaired) electrons. The van der Waals surface area contributed by atoms with Crippen LogP contribution in [0.5, 0.6) is 0 Å². The molecule has 1 aliphatic carbocycles. The van der Waals surface area contributed by atoms with Gasteiger partial charge in [0.15, 0.2) is 0 Å². The number of hydrogen-bond acceptors (Lipinski definition) is 1. The first-order chi connectivity index (χ1) is 7.10.